The van der Waals surface area contributed by atoms with Crippen molar-refractivity contribution in [3.8, 4) is 0 Å². The minimum Gasteiger partial charge on any atom is -0.343 e. The Morgan fingerprint density at radius 3 is 2.46 bits per heavy atom. The molecule has 3 atom stereocenters. The van der Waals surface area contributed by atoms with Gasteiger partial charge < -0.3 is 10.2 Å². The molecular weight excluding hydrogens is 317 g/mol. The molecule has 1 aromatic rings. The van der Waals surface area contributed by atoms with Crippen LogP contribution in [0.4, 0.5) is 13.2 Å². The fourth-order valence-corrected chi connectivity index (χ4v) is 3.33. The number of amides is 1. The largest absolute Gasteiger partial charge is 0.416 e. The summed E-state index contributed by atoms with van der Waals surface area (Å²) in [5.74, 6) is 0.460. The Hall–Kier alpha value is -1.56. The highest BCUT2D eigenvalue weighted by atomic mass is 19.4. The lowest BCUT2D eigenvalue weighted by atomic mass is 9.88. The van der Waals surface area contributed by atoms with Gasteiger partial charge in [0.05, 0.1) is 5.56 Å². The molecule has 1 amide bonds. The normalized spacial score (nSPS) is 23.2. The predicted molar refractivity (Wildman–Crippen MR) is 87.4 cm³/mol. The van der Waals surface area contributed by atoms with Crippen LogP contribution in [-0.4, -0.2) is 29.9 Å². The highest BCUT2D eigenvalue weighted by Gasteiger charge is 2.31. The molecular formula is C18H25F3N2O. The second-order valence-electron chi connectivity index (χ2n) is 6.54. The first-order chi connectivity index (χ1) is 11.2. The van der Waals surface area contributed by atoms with Gasteiger partial charge in [-0.1, -0.05) is 25.5 Å². The smallest absolute Gasteiger partial charge is 0.343 e. The van der Waals surface area contributed by atoms with Crippen molar-refractivity contribution in [3.63, 3.8) is 0 Å². The fourth-order valence-electron chi connectivity index (χ4n) is 3.33. The Morgan fingerprint density at radius 1 is 1.33 bits per heavy atom. The van der Waals surface area contributed by atoms with Gasteiger partial charge in [-0.05, 0) is 37.0 Å². The van der Waals surface area contributed by atoms with Crippen molar-refractivity contribution in [1.82, 2.24) is 10.2 Å². The molecule has 0 spiro atoms. The van der Waals surface area contributed by atoms with Gasteiger partial charge in [0.2, 0.25) is 5.91 Å². The van der Waals surface area contributed by atoms with Crippen LogP contribution in [0.25, 0.3) is 0 Å². The first kappa shape index (κ1) is 18.8. The summed E-state index contributed by atoms with van der Waals surface area (Å²) in [6.45, 7) is 7.12. The zero-order valence-electron chi connectivity index (χ0n) is 14.4. The number of carbonyl (C=O) groups is 1. The highest BCUT2D eigenvalue weighted by Crippen LogP contribution is 2.30. The monoisotopic (exact) mass is 342 g/mol. The lowest BCUT2D eigenvalue weighted by Crippen LogP contribution is -2.50. The molecule has 0 aromatic heterocycles. The second kappa shape index (κ2) is 7.55. The van der Waals surface area contributed by atoms with E-state index >= 15 is 0 Å². The van der Waals surface area contributed by atoms with Crippen LogP contribution in [0.2, 0.25) is 0 Å². The van der Waals surface area contributed by atoms with Crippen LogP contribution in [0, 0.1) is 5.92 Å². The molecule has 1 N–H and O–H groups in total. The van der Waals surface area contributed by atoms with E-state index in [2.05, 4.69) is 12.2 Å². The summed E-state index contributed by atoms with van der Waals surface area (Å²) < 4.78 is 37.9. The number of nitrogens with zero attached hydrogens (tertiary/aromatic N) is 1. The van der Waals surface area contributed by atoms with Gasteiger partial charge in [0.25, 0.3) is 0 Å². The molecule has 0 aliphatic carbocycles. The van der Waals surface area contributed by atoms with E-state index in [1.165, 1.54) is 12.1 Å². The average Bonchev–Trinajstić information content (AvgIpc) is 2.54. The quantitative estimate of drug-likeness (QED) is 0.897. The molecule has 0 saturated carbocycles. The standard InChI is InChI=1S/C18H25F3N2O/c1-4-14-11-23(13(3)24)10-9-17(14)22-12(2)15-5-7-16(8-6-15)18(19,20)21/h5-8,12,14,17,22H,4,9-11H2,1-3H3/t12-,14-,17+/m1/s1. The van der Waals surface area contributed by atoms with Crippen molar-refractivity contribution in [2.45, 2.75) is 51.9 Å². The zero-order chi connectivity index (χ0) is 17.9. The molecule has 1 fully saturated rings. The summed E-state index contributed by atoms with van der Waals surface area (Å²) in [6, 6.07) is 5.56. The molecule has 1 saturated heterocycles. The van der Waals surface area contributed by atoms with Crippen molar-refractivity contribution in [2.24, 2.45) is 5.92 Å². The fraction of sp³-hybridized carbons (Fsp3) is 0.611. The number of hydrogen-bond donors (Lipinski definition) is 1. The number of likely N-dealkylation sites (tertiary alicyclic amines) is 1. The van der Waals surface area contributed by atoms with Gasteiger partial charge in [0.1, 0.15) is 0 Å². The SMILES string of the molecule is CC[C@@H]1CN(C(C)=O)CC[C@@H]1N[C@H](C)c1ccc(C(F)(F)F)cc1. The molecule has 2 rings (SSSR count). The Balaban J connectivity index is 2.01. The summed E-state index contributed by atoms with van der Waals surface area (Å²) in [5, 5.41) is 3.53. The number of benzene rings is 1. The molecule has 1 heterocycles. The van der Waals surface area contributed by atoms with E-state index in [4.69, 9.17) is 0 Å². The minimum absolute atomic E-state index is 0.0322. The van der Waals surface area contributed by atoms with Crippen LogP contribution >= 0.6 is 0 Å². The van der Waals surface area contributed by atoms with E-state index < -0.39 is 11.7 Å². The molecule has 1 aliphatic heterocycles. The van der Waals surface area contributed by atoms with Crippen LogP contribution in [0.15, 0.2) is 24.3 Å². The van der Waals surface area contributed by atoms with Gasteiger partial charge in [0.15, 0.2) is 0 Å². The Kier molecular flexibility index (Phi) is 5.91. The van der Waals surface area contributed by atoms with E-state index in [-0.39, 0.29) is 18.0 Å². The van der Waals surface area contributed by atoms with Crippen molar-refractivity contribution >= 4 is 5.91 Å². The summed E-state index contributed by atoms with van der Waals surface area (Å²) in [7, 11) is 0. The third-order valence-corrected chi connectivity index (χ3v) is 4.91. The summed E-state index contributed by atoms with van der Waals surface area (Å²) in [6.07, 6.45) is -2.48. The van der Waals surface area contributed by atoms with Crippen molar-refractivity contribution in [2.75, 3.05) is 13.1 Å². The lowest BCUT2D eigenvalue weighted by molar-refractivity contribution is -0.137. The topological polar surface area (TPSA) is 32.3 Å². The van der Waals surface area contributed by atoms with Crippen LogP contribution in [-0.2, 0) is 11.0 Å². The maximum absolute atomic E-state index is 12.6. The molecule has 1 aromatic carbocycles. The highest BCUT2D eigenvalue weighted by molar-refractivity contribution is 5.73. The molecule has 1 aliphatic rings. The predicted octanol–water partition coefficient (Wildman–Crippen LogP) is 4.00. The number of halogens is 3. The first-order valence-electron chi connectivity index (χ1n) is 8.41. The Bertz CT molecular complexity index is 556. The summed E-state index contributed by atoms with van der Waals surface area (Å²) in [5.41, 5.74) is 0.214. The number of nitrogens with one attached hydrogen (secondary N) is 1. The van der Waals surface area contributed by atoms with Gasteiger partial charge in [0, 0.05) is 32.1 Å². The zero-order valence-corrected chi connectivity index (χ0v) is 14.4. The number of carbonyl (C=O) groups excluding carboxylic acids is 1. The molecule has 0 unspecified atom stereocenters. The van der Waals surface area contributed by atoms with Gasteiger partial charge in [-0.2, -0.15) is 13.2 Å². The molecule has 134 valence electrons. The first-order valence-corrected chi connectivity index (χ1v) is 8.41. The van der Waals surface area contributed by atoms with Gasteiger partial charge in [-0.25, -0.2) is 0 Å². The van der Waals surface area contributed by atoms with E-state index in [9.17, 15) is 18.0 Å². The van der Waals surface area contributed by atoms with Crippen LogP contribution < -0.4 is 5.32 Å². The lowest BCUT2D eigenvalue weighted by Gasteiger charge is -2.39. The van der Waals surface area contributed by atoms with Crippen molar-refractivity contribution in [3.05, 3.63) is 35.4 Å². The maximum atomic E-state index is 12.6. The molecule has 0 radical (unpaired) electrons. The summed E-state index contributed by atoms with van der Waals surface area (Å²) >= 11 is 0. The Labute approximate surface area is 141 Å². The maximum Gasteiger partial charge on any atom is 0.416 e. The third-order valence-electron chi connectivity index (χ3n) is 4.91. The molecule has 6 heteroatoms. The Morgan fingerprint density at radius 2 is 1.96 bits per heavy atom. The third kappa shape index (κ3) is 4.50. The van der Waals surface area contributed by atoms with E-state index in [0.29, 0.717) is 5.92 Å². The van der Waals surface area contributed by atoms with Crippen molar-refractivity contribution in [1.29, 1.82) is 0 Å². The van der Waals surface area contributed by atoms with Gasteiger partial charge >= 0.3 is 6.18 Å². The van der Waals surface area contributed by atoms with E-state index in [1.54, 1.807) is 6.92 Å². The number of rotatable bonds is 4. The van der Waals surface area contributed by atoms with Crippen LogP contribution in [0.5, 0.6) is 0 Å². The van der Waals surface area contributed by atoms with Gasteiger partial charge in [-0.15, -0.1) is 0 Å². The molecule has 24 heavy (non-hydrogen) atoms. The second-order valence-corrected chi connectivity index (χ2v) is 6.54. The summed E-state index contributed by atoms with van der Waals surface area (Å²) in [4.78, 5) is 13.4. The van der Waals surface area contributed by atoms with Crippen LogP contribution in [0.3, 0.4) is 0 Å². The minimum atomic E-state index is -4.30. The molecule has 0 bridgehead atoms. The number of piperidine rings is 1. The van der Waals surface area contributed by atoms with Gasteiger partial charge in [-0.3, -0.25) is 4.79 Å². The van der Waals surface area contributed by atoms with Crippen LogP contribution in [0.1, 0.15) is 50.8 Å². The molecule has 3 nitrogen and oxygen atoms in total. The number of alkyl halides is 3. The van der Waals surface area contributed by atoms with Crippen molar-refractivity contribution < 1.29 is 18.0 Å². The van der Waals surface area contributed by atoms with E-state index in [1.807, 2.05) is 11.8 Å². The van der Waals surface area contributed by atoms with E-state index in [0.717, 1.165) is 43.6 Å². The number of hydrogen-bond acceptors (Lipinski definition) is 2. The average molecular weight is 342 g/mol.